The first kappa shape index (κ1) is 50.0. The molecule has 0 saturated heterocycles. The van der Waals surface area contributed by atoms with Crippen molar-refractivity contribution in [3.63, 3.8) is 0 Å². The number of phosphoric ester groups is 1. The maximum atomic E-state index is 12.6. The smallest absolute Gasteiger partial charge is 0.462 e. The minimum atomic E-state index is -4.36. The summed E-state index contributed by atoms with van der Waals surface area (Å²) in [5.74, 6) is -0.789. The SMILES string of the molecule is CCCCCCCCCCCCCCCCCCCCC(=O)OC(COC(=O)CCCCCCCCCCC)COP(=O)(O)OCC[N+](C)(C)C. The van der Waals surface area contributed by atoms with Crippen LogP contribution in [0.25, 0.3) is 0 Å². The topological polar surface area (TPSA) is 108 Å². The highest BCUT2D eigenvalue weighted by Gasteiger charge is 2.27. The molecule has 0 aromatic carbocycles. The van der Waals surface area contributed by atoms with Crippen LogP contribution in [0.3, 0.4) is 0 Å². The van der Waals surface area contributed by atoms with Crippen molar-refractivity contribution < 1.29 is 42.1 Å². The summed E-state index contributed by atoms with van der Waals surface area (Å²) >= 11 is 0. The fraction of sp³-hybridized carbons (Fsp3) is 0.951. The Kier molecular flexibility index (Phi) is 34.1. The number of likely N-dealkylation sites (N-methyl/N-ethyl adjacent to an activating group) is 1. The van der Waals surface area contributed by atoms with E-state index in [0.29, 0.717) is 17.4 Å². The number of hydrogen-bond donors (Lipinski definition) is 1. The van der Waals surface area contributed by atoms with Crippen molar-refractivity contribution >= 4 is 19.8 Å². The molecular weight excluding hydrogens is 665 g/mol. The van der Waals surface area contributed by atoms with Gasteiger partial charge in [0.1, 0.15) is 19.8 Å². The molecule has 0 amide bonds. The van der Waals surface area contributed by atoms with E-state index >= 15 is 0 Å². The Morgan fingerprint density at radius 2 is 0.882 bits per heavy atom. The van der Waals surface area contributed by atoms with Crippen molar-refractivity contribution in [3.8, 4) is 0 Å². The Labute approximate surface area is 314 Å². The number of hydrogen-bond acceptors (Lipinski definition) is 7. The predicted octanol–water partition coefficient (Wildman–Crippen LogP) is 11.6. The Balaban J connectivity index is 4.27. The number of quaternary nitrogens is 1. The van der Waals surface area contributed by atoms with Gasteiger partial charge in [0, 0.05) is 12.8 Å². The molecule has 0 aromatic rings. The summed E-state index contributed by atoms with van der Waals surface area (Å²) in [5, 5.41) is 0. The zero-order chi connectivity index (χ0) is 37.9. The van der Waals surface area contributed by atoms with Gasteiger partial charge in [-0.05, 0) is 12.8 Å². The van der Waals surface area contributed by atoms with Crippen molar-refractivity contribution in [1.29, 1.82) is 0 Å². The van der Waals surface area contributed by atoms with Gasteiger partial charge in [-0.1, -0.05) is 174 Å². The molecule has 2 atom stereocenters. The molecule has 0 aliphatic heterocycles. The van der Waals surface area contributed by atoms with Crippen LogP contribution in [-0.2, 0) is 32.7 Å². The first-order valence-corrected chi connectivity index (χ1v) is 22.8. The van der Waals surface area contributed by atoms with Gasteiger partial charge in [0.15, 0.2) is 6.10 Å². The first-order valence-electron chi connectivity index (χ1n) is 21.3. The molecule has 0 rings (SSSR count). The summed E-state index contributed by atoms with van der Waals surface area (Å²) in [6, 6.07) is 0. The van der Waals surface area contributed by atoms with E-state index in [0.717, 1.165) is 38.5 Å². The van der Waals surface area contributed by atoms with Crippen LogP contribution in [0.1, 0.15) is 200 Å². The second-order valence-corrected chi connectivity index (χ2v) is 17.2. The third kappa shape index (κ3) is 38.5. The lowest BCUT2D eigenvalue weighted by atomic mass is 10.0. The van der Waals surface area contributed by atoms with Crippen LogP contribution in [0.4, 0.5) is 0 Å². The van der Waals surface area contributed by atoms with E-state index in [-0.39, 0.29) is 25.6 Å². The van der Waals surface area contributed by atoms with E-state index in [1.807, 2.05) is 21.1 Å². The van der Waals surface area contributed by atoms with Gasteiger partial charge in [-0.2, -0.15) is 0 Å². The van der Waals surface area contributed by atoms with Crippen LogP contribution >= 0.6 is 7.82 Å². The third-order valence-corrected chi connectivity index (χ3v) is 10.4. The molecule has 0 aliphatic rings. The maximum Gasteiger partial charge on any atom is 0.472 e. The van der Waals surface area contributed by atoms with E-state index in [9.17, 15) is 19.0 Å². The summed E-state index contributed by atoms with van der Waals surface area (Å²) in [4.78, 5) is 35.2. The van der Waals surface area contributed by atoms with E-state index in [1.54, 1.807) is 0 Å². The van der Waals surface area contributed by atoms with Gasteiger partial charge in [-0.3, -0.25) is 18.6 Å². The summed E-state index contributed by atoms with van der Waals surface area (Å²) in [5.41, 5.74) is 0. The van der Waals surface area contributed by atoms with Gasteiger partial charge in [0.2, 0.25) is 0 Å². The molecule has 0 heterocycles. The van der Waals surface area contributed by atoms with Gasteiger partial charge in [-0.15, -0.1) is 0 Å². The zero-order valence-corrected chi connectivity index (χ0v) is 35.0. The highest BCUT2D eigenvalue weighted by molar-refractivity contribution is 7.47. The maximum absolute atomic E-state index is 12.6. The number of rotatable bonds is 39. The van der Waals surface area contributed by atoms with E-state index in [4.69, 9.17) is 18.5 Å². The molecule has 0 aromatic heterocycles. The fourth-order valence-electron chi connectivity index (χ4n) is 6.01. The monoisotopic (exact) mass is 749 g/mol. The van der Waals surface area contributed by atoms with E-state index < -0.39 is 26.5 Å². The Hall–Kier alpha value is -0.990. The molecule has 2 unspecified atom stereocenters. The highest BCUT2D eigenvalue weighted by Crippen LogP contribution is 2.43. The van der Waals surface area contributed by atoms with Gasteiger partial charge >= 0.3 is 19.8 Å². The number of nitrogens with zero attached hydrogens (tertiary/aromatic N) is 1. The molecule has 0 saturated carbocycles. The van der Waals surface area contributed by atoms with Gasteiger partial charge in [-0.25, -0.2) is 4.57 Å². The van der Waals surface area contributed by atoms with Crippen LogP contribution in [0.15, 0.2) is 0 Å². The molecule has 0 spiro atoms. The summed E-state index contributed by atoms with van der Waals surface area (Å²) < 4.78 is 34.2. The number of carbonyl (C=O) groups excluding carboxylic acids is 2. The number of unbranched alkanes of at least 4 members (excludes halogenated alkanes) is 25. The molecule has 51 heavy (non-hydrogen) atoms. The summed E-state index contributed by atoms with van der Waals surface area (Å²) in [6.07, 6.45) is 32.9. The van der Waals surface area contributed by atoms with Crippen molar-refractivity contribution in [2.24, 2.45) is 0 Å². The Morgan fingerprint density at radius 3 is 1.25 bits per heavy atom. The summed E-state index contributed by atoms with van der Waals surface area (Å²) in [7, 11) is 1.49. The average molecular weight is 749 g/mol. The standard InChI is InChI=1S/C41H82NO8P/c1-6-8-10-12-14-16-17-18-19-20-21-22-23-24-26-28-30-32-34-41(44)50-39(38-49-51(45,46)48-36-35-42(3,4)5)37-47-40(43)33-31-29-27-25-15-13-11-9-7-2/h39H,6-38H2,1-5H3/p+1. The average Bonchev–Trinajstić information content (AvgIpc) is 3.07. The molecule has 0 fully saturated rings. The zero-order valence-electron chi connectivity index (χ0n) is 34.1. The molecule has 304 valence electrons. The Morgan fingerprint density at radius 1 is 0.529 bits per heavy atom. The fourth-order valence-corrected chi connectivity index (χ4v) is 6.76. The van der Waals surface area contributed by atoms with E-state index in [2.05, 4.69) is 13.8 Å². The van der Waals surface area contributed by atoms with Crippen molar-refractivity contribution in [2.45, 2.75) is 206 Å². The first-order chi connectivity index (χ1) is 24.5. The number of ether oxygens (including phenoxy) is 2. The van der Waals surface area contributed by atoms with Gasteiger partial charge < -0.3 is 18.9 Å². The molecule has 10 heteroatoms. The number of carbonyl (C=O) groups is 2. The summed E-state index contributed by atoms with van der Waals surface area (Å²) in [6.45, 7) is 4.43. The van der Waals surface area contributed by atoms with Crippen LogP contribution in [0, 0.1) is 0 Å². The van der Waals surface area contributed by atoms with Crippen LogP contribution in [-0.4, -0.2) is 74.9 Å². The predicted molar refractivity (Wildman–Crippen MR) is 211 cm³/mol. The molecule has 0 radical (unpaired) electrons. The van der Waals surface area contributed by atoms with Crippen molar-refractivity contribution in [2.75, 3.05) is 47.5 Å². The number of esters is 2. The van der Waals surface area contributed by atoms with Crippen molar-refractivity contribution in [1.82, 2.24) is 0 Å². The normalized spacial score (nSPS) is 13.6. The van der Waals surface area contributed by atoms with Gasteiger partial charge in [0.25, 0.3) is 0 Å². The second-order valence-electron chi connectivity index (χ2n) is 15.7. The van der Waals surface area contributed by atoms with Crippen LogP contribution in [0.5, 0.6) is 0 Å². The second kappa shape index (κ2) is 34.8. The lowest BCUT2D eigenvalue weighted by Gasteiger charge is -2.24. The highest BCUT2D eigenvalue weighted by atomic mass is 31.2. The molecule has 0 aliphatic carbocycles. The molecule has 0 bridgehead atoms. The lowest BCUT2D eigenvalue weighted by Crippen LogP contribution is -2.37. The molecule has 9 nitrogen and oxygen atoms in total. The molecule has 1 N–H and O–H groups in total. The van der Waals surface area contributed by atoms with Crippen LogP contribution in [0.2, 0.25) is 0 Å². The quantitative estimate of drug-likeness (QED) is 0.0286. The third-order valence-electron chi connectivity index (χ3n) is 9.39. The minimum absolute atomic E-state index is 0.0365. The Bertz CT molecular complexity index is 850. The van der Waals surface area contributed by atoms with E-state index in [1.165, 1.54) is 135 Å². The largest absolute Gasteiger partial charge is 0.472 e. The molecular formula is C41H83NO8P+. The van der Waals surface area contributed by atoms with Crippen LogP contribution < -0.4 is 0 Å². The van der Waals surface area contributed by atoms with Crippen molar-refractivity contribution in [3.05, 3.63) is 0 Å². The van der Waals surface area contributed by atoms with Gasteiger partial charge in [0.05, 0.1) is 27.7 Å². The lowest BCUT2D eigenvalue weighted by molar-refractivity contribution is -0.870. The number of phosphoric acid groups is 1. The minimum Gasteiger partial charge on any atom is -0.462 e.